The van der Waals surface area contributed by atoms with E-state index in [2.05, 4.69) is 16.7 Å². The van der Waals surface area contributed by atoms with E-state index in [1.54, 1.807) is 0 Å². The Morgan fingerprint density at radius 1 is 2.00 bits per heavy atom. The lowest BCUT2D eigenvalue weighted by Gasteiger charge is -2.03. The molecule has 1 unspecified atom stereocenters. The summed E-state index contributed by atoms with van der Waals surface area (Å²) in [6, 6.07) is 0. The van der Waals surface area contributed by atoms with Gasteiger partial charge in [0.15, 0.2) is 6.23 Å². The molecular formula is C5H7N3OS. The monoisotopic (exact) mass is 157 g/mol. The van der Waals surface area contributed by atoms with Crippen LogP contribution in [0.15, 0.2) is 19.0 Å². The molecule has 0 aromatic carbocycles. The van der Waals surface area contributed by atoms with Crippen molar-refractivity contribution in [3.8, 4) is 0 Å². The highest BCUT2D eigenvalue weighted by Gasteiger charge is 2.00. The zero-order valence-electron chi connectivity index (χ0n) is 5.19. The Balaban J connectivity index is 3.04. The molecule has 0 radical (unpaired) electrons. The molecule has 4 nitrogen and oxygen atoms in total. The van der Waals surface area contributed by atoms with Gasteiger partial charge in [0.2, 0.25) is 4.77 Å². The van der Waals surface area contributed by atoms with E-state index in [0.29, 0.717) is 4.77 Å². The number of H-pyrrole nitrogens is 1. The van der Waals surface area contributed by atoms with Crippen molar-refractivity contribution < 1.29 is 5.11 Å². The molecule has 1 rings (SSSR count). The molecule has 54 valence electrons. The van der Waals surface area contributed by atoms with Crippen LogP contribution in [0.5, 0.6) is 0 Å². The second kappa shape index (κ2) is 2.76. The van der Waals surface area contributed by atoms with Crippen molar-refractivity contribution in [3.05, 3.63) is 23.8 Å². The predicted molar refractivity (Wildman–Crippen MR) is 38.9 cm³/mol. The first-order valence-electron chi connectivity index (χ1n) is 2.68. The van der Waals surface area contributed by atoms with E-state index in [1.807, 2.05) is 0 Å². The van der Waals surface area contributed by atoms with Crippen LogP contribution >= 0.6 is 12.2 Å². The molecule has 0 amide bonds. The van der Waals surface area contributed by atoms with Crippen molar-refractivity contribution >= 4 is 12.2 Å². The van der Waals surface area contributed by atoms with Gasteiger partial charge in [0.25, 0.3) is 0 Å². The SMILES string of the molecule is C=CC(O)n1[nH]cnc1=S. The normalized spacial score (nSPS) is 12.9. The quantitative estimate of drug-likeness (QED) is 0.488. The highest BCUT2D eigenvalue weighted by molar-refractivity contribution is 7.71. The van der Waals surface area contributed by atoms with Gasteiger partial charge in [-0.05, 0) is 18.3 Å². The maximum atomic E-state index is 9.11. The fourth-order valence-corrected chi connectivity index (χ4v) is 0.772. The predicted octanol–water partition coefficient (Wildman–Crippen LogP) is 0.618. The van der Waals surface area contributed by atoms with Crippen LogP contribution in [0.1, 0.15) is 6.23 Å². The number of hydrogen-bond acceptors (Lipinski definition) is 3. The molecule has 2 N–H and O–H groups in total. The molecule has 0 aliphatic carbocycles. The van der Waals surface area contributed by atoms with Crippen LogP contribution in [-0.4, -0.2) is 19.9 Å². The Labute approximate surface area is 62.8 Å². The van der Waals surface area contributed by atoms with Crippen molar-refractivity contribution in [1.82, 2.24) is 14.8 Å². The molecule has 0 saturated heterocycles. The Morgan fingerprint density at radius 3 is 3.10 bits per heavy atom. The van der Waals surface area contributed by atoms with E-state index < -0.39 is 6.23 Å². The molecule has 0 aliphatic heterocycles. The molecule has 0 aliphatic rings. The smallest absolute Gasteiger partial charge is 0.218 e. The summed E-state index contributed by atoms with van der Waals surface area (Å²) in [5.41, 5.74) is 0. The third kappa shape index (κ3) is 1.14. The molecule has 1 atom stereocenters. The van der Waals surface area contributed by atoms with E-state index in [9.17, 15) is 0 Å². The maximum Gasteiger partial charge on any atom is 0.218 e. The van der Waals surface area contributed by atoms with Gasteiger partial charge in [-0.3, -0.25) is 5.10 Å². The number of nitrogens with zero attached hydrogens (tertiary/aromatic N) is 2. The van der Waals surface area contributed by atoms with E-state index in [4.69, 9.17) is 17.3 Å². The summed E-state index contributed by atoms with van der Waals surface area (Å²) in [5, 5.41) is 11.7. The largest absolute Gasteiger partial charge is 0.368 e. The van der Waals surface area contributed by atoms with E-state index in [1.165, 1.54) is 17.1 Å². The summed E-state index contributed by atoms with van der Waals surface area (Å²) >= 11 is 4.74. The third-order valence-electron chi connectivity index (χ3n) is 1.05. The van der Waals surface area contributed by atoms with Crippen molar-refractivity contribution in [2.24, 2.45) is 0 Å². The Bertz CT molecular complexity index is 276. The summed E-state index contributed by atoms with van der Waals surface area (Å²) < 4.78 is 1.63. The summed E-state index contributed by atoms with van der Waals surface area (Å²) in [7, 11) is 0. The van der Waals surface area contributed by atoms with Crippen LogP contribution in [0.2, 0.25) is 0 Å². The molecule has 10 heavy (non-hydrogen) atoms. The van der Waals surface area contributed by atoms with Gasteiger partial charge in [0, 0.05) is 0 Å². The van der Waals surface area contributed by atoms with Crippen molar-refractivity contribution in [1.29, 1.82) is 0 Å². The molecule has 1 aromatic heterocycles. The number of aliphatic hydroxyl groups is 1. The van der Waals surface area contributed by atoms with Crippen LogP contribution < -0.4 is 0 Å². The van der Waals surface area contributed by atoms with Gasteiger partial charge in [-0.15, -0.1) is 0 Å². The molecule has 1 aromatic rings. The molecule has 5 heteroatoms. The minimum absolute atomic E-state index is 0.312. The minimum Gasteiger partial charge on any atom is -0.368 e. The maximum absolute atomic E-state index is 9.11. The lowest BCUT2D eigenvalue weighted by atomic mass is 10.6. The van der Waals surface area contributed by atoms with Crippen LogP contribution in [0.3, 0.4) is 0 Å². The Kier molecular flexibility index (Phi) is 1.98. The van der Waals surface area contributed by atoms with E-state index in [0.717, 1.165) is 0 Å². The van der Waals surface area contributed by atoms with E-state index in [-0.39, 0.29) is 0 Å². The molecule has 0 fully saturated rings. The minimum atomic E-state index is -0.810. The second-order valence-corrected chi connectivity index (χ2v) is 2.05. The zero-order valence-corrected chi connectivity index (χ0v) is 6.01. The van der Waals surface area contributed by atoms with Gasteiger partial charge in [-0.1, -0.05) is 6.58 Å². The second-order valence-electron chi connectivity index (χ2n) is 1.69. The number of aromatic nitrogens is 3. The third-order valence-corrected chi connectivity index (χ3v) is 1.36. The fraction of sp³-hybridized carbons (Fsp3) is 0.200. The van der Waals surface area contributed by atoms with Crippen LogP contribution in [0.4, 0.5) is 0 Å². The van der Waals surface area contributed by atoms with Gasteiger partial charge in [0.05, 0.1) is 0 Å². The number of hydrogen-bond donors (Lipinski definition) is 2. The van der Waals surface area contributed by atoms with Crippen molar-refractivity contribution in [2.75, 3.05) is 0 Å². The van der Waals surface area contributed by atoms with Crippen molar-refractivity contribution in [3.63, 3.8) is 0 Å². The first-order chi connectivity index (χ1) is 4.75. The Morgan fingerprint density at radius 2 is 2.70 bits per heavy atom. The van der Waals surface area contributed by atoms with Gasteiger partial charge in [-0.25, -0.2) is 9.67 Å². The van der Waals surface area contributed by atoms with Gasteiger partial charge in [0.1, 0.15) is 6.33 Å². The Hall–Kier alpha value is -0.940. The summed E-state index contributed by atoms with van der Waals surface area (Å²) in [5.74, 6) is 0. The fourth-order valence-electron chi connectivity index (χ4n) is 0.559. The van der Waals surface area contributed by atoms with Crippen molar-refractivity contribution in [2.45, 2.75) is 6.23 Å². The molecule has 0 spiro atoms. The van der Waals surface area contributed by atoms with Gasteiger partial charge in [-0.2, -0.15) is 0 Å². The lowest BCUT2D eigenvalue weighted by molar-refractivity contribution is 0.138. The van der Waals surface area contributed by atoms with Crippen LogP contribution in [0, 0.1) is 4.77 Å². The first kappa shape index (κ1) is 7.17. The first-order valence-corrected chi connectivity index (χ1v) is 3.09. The summed E-state index contributed by atoms with van der Waals surface area (Å²) in [6.45, 7) is 3.39. The topological polar surface area (TPSA) is 53.8 Å². The van der Waals surface area contributed by atoms with E-state index >= 15 is 0 Å². The van der Waals surface area contributed by atoms with Crippen LogP contribution in [0.25, 0.3) is 0 Å². The summed E-state index contributed by atoms with van der Waals surface area (Å²) in [6.07, 6.45) is 1.96. The molecule has 1 heterocycles. The van der Waals surface area contributed by atoms with Gasteiger partial charge < -0.3 is 5.11 Å². The number of aliphatic hydroxyl groups excluding tert-OH is 1. The average Bonchev–Trinajstić information content (AvgIpc) is 2.34. The molecule has 0 bridgehead atoms. The molecule has 0 saturated carbocycles. The zero-order chi connectivity index (χ0) is 7.56. The summed E-state index contributed by atoms with van der Waals surface area (Å²) in [4.78, 5) is 3.70. The lowest BCUT2D eigenvalue weighted by Crippen LogP contribution is -2.06. The number of nitrogens with one attached hydrogen (secondary N) is 1. The molecular weight excluding hydrogens is 150 g/mol. The van der Waals surface area contributed by atoms with Crippen LogP contribution in [-0.2, 0) is 0 Å². The average molecular weight is 157 g/mol. The number of aromatic amines is 1. The number of rotatable bonds is 2. The highest BCUT2D eigenvalue weighted by atomic mass is 32.1. The standard InChI is InChI=1S/C5H7N3OS/c1-2-4(9)8-5(10)6-3-7-8/h2-4,9H,1H2,(H,6,7,10). The highest BCUT2D eigenvalue weighted by Crippen LogP contribution is 1.99. The van der Waals surface area contributed by atoms with Gasteiger partial charge >= 0.3 is 0 Å².